The van der Waals surface area contributed by atoms with Gasteiger partial charge in [0.2, 0.25) is 11.8 Å². The molecule has 5 aromatic rings. The maximum absolute atomic E-state index is 8.30. The molecule has 4 N–H and O–H groups in total. The number of hydrogen-bond donors (Lipinski definition) is 4. The number of nitrogens with zero attached hydrogens (tertiary/aromatic N) is 6. The molecule has 0 bridgehead atoms. The standard InChI is InChI=1S/C39H44BrN10O2P/c1-42-22-25(21-41)28-19-33(35(51-2)20-34(28)50-16-14-49(15-17-50)26-12-13-43-36(18-26)52-3)47-39-44-23-29(40)38(48-39)46-32-11-10-31-27(37(32)53(4)5)8-9-30(45-31)24-6-7-24/h8-13,18-24,41-42H,6-7,14-17H2,1-5H3,(H2,44,46,47,48)/b25-22+,41-21?. The number of benzene rings is 2. The molecule has 1 aliphatic heterocycles. The molecule has 2 fully saturated rings. The average Bonchev–Trinajstić information content (AvgIpc) is 4.04. The first kappa shape index (κ1) is 36.4. The van der Waals surface area contributed by atoms with Crippen molar-refractivity contribution in [3.8, 4) is 11.6 Å². The highest BCUT2D eigenvalue weighted by Gasteiger charge is 2.26. The minimum absolute atomic E-state index is 0.399. The van der Waals surface area contributed by atoms with Crippen LogP contribution in [0.5, 0.6) is 11.6 Å². The Bertz CT molecular complexity index is 2170. The Morgan fingerprint density at radius 3 is 2.42 bits per heavy atom. The normalized spacial score (nSPS) is 14.7. The number of pyridine rings is 2. The number of fused-ring (bicyclic) bond motifs is 1. The summed E-state index contributed by atoms with van der Waals surface area (Å²) < 4.78 is 12.0. The number of rotatable bonds is 13. The molecule has 2 aromatic carbocycles. The lowest BCUT2D eigenvalue weighted by Crippen LogP contribution is -2.46. The summed E-state index contributed by atoms with van der Waals surface area (Å²) in [4.78, 5) is 23.5. The largest absolute Gasteiger partial charge is 0.494 e. The molecular formula is C39H44BrN10O2P. The van der Waals surface area contributed by atoms with Crippen LogP contribution in [0.15, 0.2) is 71.6 Å². The van der Waals surface area contributed by atoms with Crippen LogP contribution in [0.3, 0.4) is 0 Å². The minimum Gasteiger partial charge on any atom is -0.494 e. The Balaban J connectivity index is 1.18. The zero-order valence-corrected chi connectivity index (χ0v) is 33.1. The molecule has 3 aromatic heterocycles. The summed E-state index contributed by atoms with van der Waals surface area (Å²) in [5.74, 6) is 2.88. The van der Waals surface area contributed by atoms with E-state index in [1.165, 1.54) is 35.4 Å². The fraction of sp³-hybridized carbons (Fsp3) is 0.308. The molecule has 0 atom stereocenters. The van der Waals surface area contributed by atoms with Gasteiger partial charge >= 0.3 is 0 Å². The third-order valence-corrected chi connectivity index (χ3v) is 11.5. The second-order valence-corrected chi connectivity index (χ2v) is 16.3. The van der Waals surface area contributed by atoms with Crippen molar-refractivity contribution in [2.75, 3.05) is 81.2 Å². The summed E-state index contributed by atoms with van der Waals surface area (Å²) in [6.45, 7) is 7.70. The van der Waals surface area contributed by atoms with Gasteiger partial charge in [0.15, 0.2) is 0 Å². The van der Waals surface area contributed by atoms with E-state index in [-0.39, 0.29) is 0 Å². The summed E-state index contributed by atoms with van der Waals surface area (Å²) in [7, 11) is 4.66. The number of halogens is 1. The second kappa shape index (κ2) is 15.9. The molecule has 12 nitrogen and oxygen atoms in total. The van der Waals surface area contributed by atoms with Gasteiger partial charge in [0.05, 0.1) is 29.9 Å². The fourth-order valence-corrected chi connectivity index (χ4v) is 8.32. The molecular weight excluding hydrogens is 751 g/mol. The maximum Gasteiger partial charge on any atom is 0.229 e. The van der Waals surface area contributed by atoms with Gasteiger partial charge in [-0.25, -0.2) is 9.97 Å². The zero-order valence-electron chi connectivity index (χ0n) is 30.6. The molecule has 0 amide bonds. The van der Waals surface area contributed by atoms with Crippen LogP contribution in [-0.2, 0) is 0 Å². The van der Waals surface area contributed by atoms with E-state index in [0.717, 1.165) is 64.4 Å². The first-order valence-corrected chi connectivity index (χ1v) is 20.6. The van der Waals surface area contributed by atoms with Crippen LogP contribution in [-0.4, -0.2) is 86.9 Å². The van der Waals surface area contributed by atoms with Crippen molar-refractivity contribution in [3.63, 3.8) is 0 Å². The van der Waals surface area contributed by atoms with E-state index in [0.29, 0.717) is 35.0 Å². The van der Waals surface area contributed by atoms with Crippen molar-refractivity contribution in [1.29, 1.82) is 5.41 Å². The Hall–Kier alpha value is -5.00. The number of nitrogens with one attached hydrogen (secondary N) is 4. The Morgan fingerprint density at radius 1 is 0.925 bits per heavy atom. The van der Waals surface area contributed by atoms with Crippen LogP contribution >= 0.6 is 23.9 Å². The van der Waals surface area contributed by atoms with Crippen LogP contribution < -0.4 is 40.5 Å². The third kappa shape index (κ3) is 7.87. The van der Waals surface area contributed by atoms with Gasteiger partial charge in [-0.2, -0.15) is 4.98 Å². The molecule has 274 valence electrons. The van der Waals surface area contributed by atoms with Crippen molar-refractivity contribution < 1.29 is 9.47 Å². The van der Waals surface area contributed by atoms with E-state index in [1.807, 2.05) is 37.5 Å². The smallest absolute Gasteiger partial charge is 0.229 e. The Morgan fingerprint density at radius 2 is 1.72 bits per heavy atom. The van der Waals surface area contributed by atoms with Gasteiger partial charge in [-0.3, -0.25) is 4.98 Å². The lowest BCUT2D eigenvalue weighted by Gasteiger charge is -2.38. The third-order valence-electron chi connectivity index (χ3n) is 9.55. The topological polar surface area (TPSA) is 136 Å². The van der Waals surface area contributed by atoms with E-state index in [4.69, 9.17) is 24.9 Å². The van der Waals surface area contributed by atoms with Gasteiger partial charge in [0.1, 0.15) is 11.6 Å². The summed E-state index contributed by atoms with van der Waals surface area (Å²) >= 11 is 3.68. The van der Waals surface area contributed by atoms with Gasteiger partial charge in [0.25, 0.3) is 0 Å². The summed E-state index contributed by atoms with van der Waals surface area (Å²) in [5.41, 5.74) is 7.57. The molecule has 4 heterocycles. The lowest BCUT2D eigenvalue weighted by atomic mass is 10.0. The number of methoxy groups -OCH3 is 2. The highest BCUT2D eigenvalue weighted by atomic mass is 79.9. The van der Waals surface area contributed by atoms with Crippen LogP contribution in [0.2, 0.25) is 0 Å². The quantitative estimate of drug-likeness (QED) is 0.0699. The number of allylic oxidation sites excluding steroid dienone is 1. The molecule has 14 heteroatoms. The van der Waals surface area contributed by atoms with Gasteiger partial charge in [-0.15, -0.1) is 0 Å². The molecule has 7 rings (SSSR count). The molecule has 0 spiro atoms. The predicted octanol–water partition coefficient (Wildman–Crippen LogP) is 7.47. The van der Waals surface area contributed by atoms with Gasteiger partial charge in [-0.1, -0.05) is 14.0 Å². The van der Waals surface area contributed by atoms with E-state index < -0.39 is 7.92 Å². The Kier molecular flexibility index (Phi) is 10.9. The van der Waals surface area contributed by atoms with Gasteiger partial charge in [-0.05, 0) is 72.4 Å². The minimum atomic E-state index is -0.462. The number of anilines is 6. The highest BCUT2D eigenvalue weighted by molar-refractivity contribution is 9.10. The van der Waals surface area contributed by atoms with Crippen LogP contribution in [0.4, 0.5) is 34.5 Å². The van der Waals surface area contributed by atoms with Gasteiger partial charge < -0.3 is 40.6 Å². The summed E-state index contributed by atoms with van der Waals surface area (Å²) in [6.07, 6.45) is 9.17. The number of hydrogen-bond acceptors (Lipinski definition) is 12. The average molecular weight is 796 g/mol. The fourth-order valence-electron chi connectivity index (χ4n) is 6.75. The van der Waals surface area contributed by atoms with E-state index >= 15 is 0 Å². The molecule has 0 unspecified atom stereocenters. The van der Waals surface area contributed by atoms with Crippen LogP contribution in [0, 0.1) is 5.41 Å². The first-order valence-electron chi connectivity index (χ1n) is 17.6. The van der Waals surface area contributed by atoms with Crippen molar-refractivity contribution >= 4 is 86.4 Å². The molecule has 2 aliphatic rings. The molecule has 1 aliphatic carbocycles. The van der Waals surface area contributed by atoms with Crippen molar-refractivity contribution in [2.45, 2.75) is 18.8 Å². The predicted molar refractivity (Wildman–Crippen MR) is 222 cm³/mol. The molecule has 0 radical (unpaired) electrons. The summed E-state index contributed by atoms with van der Waals surface area (Å²) in [5, 5.41) is 20.9. The Labute approximate surface area is 319 Å². The van der Waals surface area contributed by atoms with E-state index in [1.54, 1.807) is 26.6 Å². The maximum atomic E-state index is 8.30. The van der Waals surface area contributed by atoms with Crippen molar-refractivity contribution in [2.24, 2.45) is 0 Å². The van der Waals surface area contributed by atoms with Gasteiger partial charge in [0, 0.05) is 121 Å². The second-order valence-electron chi connectivity index (χ2n) is 13.2. The first-order chi connectivity index (χ1) is 25.8. The molecule has 1 saturated heterocycles. The molecule has 1 saturated carbocycles. The zero-order chi connectivity index (χ0) is 37.1. The van der Waals surface area contributed by atoms with Crippen molar-refractivity contribution in [3.05, 3.63) is 82.9 Å². The van der Waals surface area contributed by atoms with E-state index in [2.05, 4.69) is 89.2 Å². The number of piperazine rings is 1. The monoisotopic (exact) mass is 794 g/mol. The number of ether oxygens (including phenoxy) is 2. The van der Waals surface area contributed by atoms with Crippen LogP contribution in [0.25, 0.3) is 16.5 Å². The van der Waals surface area contributed by atoms with Crippen molar-refractivity contribution in [1.82, 2.24) is 25.3 Å². The van der Waals surface area contributed by atoms with Crippen LogP contribution in [0.1, 0.15) is 30.0 Å². The molecule has 53 heavy (non-hydrogen) atoms. The van der Waals surface area contributed by atoms with E-state index in [9.17, 15) is 0 Å². The highest BCUT2D eigenvalue weighted by Crippen LogP contribution is 2.42. The SMILES string of the molecule is CN/C=C(\C=N)c1cc(Nc2ncc(Br)c(Nc3ccc4nc(C5CC5)ccc4c3P(C)C)n2)c(OC)cc1N1CCN(c2ccnc(OC)c2)CC1. The number of aromatic nitrogens is 4. The summed E-state index contributed by atoms with van der Waals surface area (Å²) in [6, 6.07) is 16.6. The lowest BCUT2D eigenvalue weighted by molar-refractivity contribution is 0.398.